The molecule has 0 aromatic carbocycles. The van der Waals surface area contributed by atoms with Gasteiger partial charge in [-0.15, -0.1) is 0 Å². The quantitative estimate of drug-likeness (QED) is 0.744. The predicted molar refractivity (Wildman–Crippen MR) is 57.8 cm³/mol. The van der Waals surface area contributed by atoms with E-state index in [1.807, 2.05) is 11.8 Å². The Balaban J connectivity index is 2.60. The average molecular weight is 198 g/mol. The predicted octanol–water partition coefficient (Wildman–Crippen LogP) is 1.59. The largest absolute Gasteiger partial charge is 0.326 e. The van der Waals surface area contributed by atoms with Crippen molar-refractivity contribution in [3.8, 4) is 0 Å². The van der Waals surface area contributed by atoms with Crippen LogP contribution in [0.25, 0.3) is 0 Å². The molecule has 82 valence electrons. The number of hydrogen-bond donors (Lipinski definition) is 1. The molecule has 1 N–H and O–H groups in total. The number of rotatable bonds is 4. The second-order valence-electron chi connectivity index (χ2n) is 4.21. The van der Waals surface area contributed by atoms with Crippen LogP contribution in [0.3, 0.4) is 0 Å². The van der Waals surface area contributed by atoms with E-state index in [-0.39, 0.29) is 11.9 Å². The monoisotopic (exact) mass is 198 g/mol. The van der Waals surface area contributed by atoms with Crippen LogP contribution in [0.1, 0.15) is 40.5 Å². The lowest BCUT2D eigenvalue weighted by Gasteiger charge is -2.30. The van der Waals surface area contributed by atoms with E-state index in [9.17, 15) is 4.79 Å². The molecule has 2 unspecified atom stereocenters. The summed E-state index contributed by atoms with van der Waals surface area (Å²) in [7, 11) is 0. The minimum absolute atomic E-state index is 0.00631. The van der Waals surface area contributed by atoms with Gasteiger partial charge in [0.15, 0.2) is 0 Å². The van der Waals surface area contributed by atoms with Crippen molar-refractivity contribution in [2.45, 2.75) is 52.6 Å². The van der Waals surface area contributed by atoms with E-state index in [0.717, 1.165) is 19.5 Å². The Morgan fingerprint density at radius 1 is 1.50 bits per heavy atom. The molecule has 0 aliphatic carbocycles. The highest BCUT2D eigenvalue weighted by Gasteiger charge is 2.33. The molecule has 14 heavy (non-hydrogen) atoms. The number of carbonyl (C=O) groups is 1. The lowest BCUT2D eigenvalue weighted by molar-refractivity contribution is -0.131. The van der Waals surface area contributed by atoms with Gasteiger partial charge in [-0.25, -0.2) is 0 Å². The van der Waals surface area contributed by atoms with Crippen LogP contribution in [0, 0.1) is 5.92 Å². The lowest BCUT2D eigenvalue weighted by Crippen LogP contribution is -2.40. The summed E-state index contributed by atoms with van der Waals surface area (Å²) in [6, 6.07) is 0.377. The van der Waals surface area contributed by atoms with E-state index in [4.69, 9.17) is 0 Å². The van der Waals surface area contributed by atoms with Crippen LogP contribution >= 0.6 is 0 Å². The van der Waals surface area contributed by atoms with Crippen molar-refractivity contribution in [2.24, 2.45) is 5.92 Å². The van der Waals surface area contributed by atoms with Gasteiger partial charge in [-0.1, -0.05) is 26.7 Å². The standard InChI is InChI=1S/C11H22N2O/c1-5-10(6-2)9(4)13-7-12-8(3)11(13)14/h8-10,12H,5-7H2,1-4H3. The number of nitrogens with one attached hydrogen (secondary N) is 1. The highest BCUT2D eigenvalue weighted by atomic mass is 16.2. The molecule has 1 amide bonds. The van der Waals surface area contributed by atoms with Crippen LogP contribution in [-0.2, 0) is 4.79 Å². The molecule has 1 aliphatic heterocycles. The molecule has 1 heterocycles. The molecule has 0 radical (unpaired) electrons. The first kappa shape index (κ1) is 11.5. The zero-order valence-electron chi connectivity index (χ0n) is 9.71. The van der Waals surface area contributed by atoms with Crippen LogP contribution in [0.4, 0.5) is 0 Å². The molecule has 0 saturated carbocycles. The van der Waals surface area contributed by atoms with Gasteiger partial charge in [-0.3, -0.25) is 10.1 Å². The Bertz CT molecular complexity index is 201. The zero-order chi connectivity index (χ0) is 10.7. The molecule has 2 atom stereocenters. The van der Waals surface area contributed by atoms with Gasteiger partial charge in [0.25, 0.3) is 0 Å². The summed E-state index contributed by atoms with van der Waals surface area (Å²) in [6.45, 7) is 9.21. The van der Waals surface area contributed by atoms with Crippen molar-refractivity contribution >= 4 is 5.91 Å². The molecular formula is C11H22N2O. The summed E-state index contributed by atoms with van der Waals surface area (Å²) < 4.78 is 0. The van der Waals surface area contributed by atoms with E-state index in [0.29, 0.717) is 12.0 Å². The van der Waals surface area contributed by atoms with E-state index in [1.54, 1.807) is 0 Å². The van der Waals surface area contributed by atoms with Gasteiger partial charge in [-0.2, -0.15) is 0 Å². The van der Waals surface area contributed by atoms with E-state index in [2.05, 4.69) is 26.1 Å². The topological polar surface area (TPSA) is 32.3 Å². The smallest absolute Gasteiger partial charge is 0.240 e. The van der Waals surface area contributed by atoms with Gasteiger partial charge in [0.1, 0.15) is 0 Å². The summed E-state index contributed by atoms with van der Waals surface area (Å²) in [4.78, 5) is 13.7. The maximum absolute atomic E-state index is 11.7. The average Bonchev–Trinajstić information content (AvgIpc) is 2.49. The Kier molecular flexibility index (Phi) is 3.93. The van der Waals surface area contributed by atoms with Crippen molar-refractivity contribution in [2.75, 3.05) is 6.67 Å². The molecule has 0 aromatic rings. The fourth-order valence-electron chi connectivity index (χ4n) is 2.22. The molecule has 0 spiro atoms. The van der Waals surface area contributed by atoms with Crippen molar-refractivity contribution in [3.63, 3.8) is 0 Å². The second kappa shape index (κ2) is 4.78. The van der Waals surface area contributed by atoms with Gasteiger partial charge in [0, 0.05) is 6.04 Å². The summed E-state index contributed by atoms with van der Waals surface area (Å²) >= 11 is 0. The number of amides is 1. The van der Waals surface area contributed by atoms with Crippen LogP contribution in [0.15, 0.2) is 0 Å². The summed E-state index contributed by atoms with van der Waals surface area (Å²) in [5.74, 6) is 0.885. The van der Waals surface area contributed by atoms with Gasteiger partial charge >= 0.3 is 0 Å². The Morgan fingerprint density at radius 3 is 2.43 bits per heavy atom. The Hall–Kier alpha value is -0.570. The van der Waals surface area contributed by atoms with Crippen molar-refractivity contribution < 1.29 is 4.79 Å². The van der Waals surface area contributed by atoms with Gasteiger partial charge < -0.3 is 4.90 Å². The molecule has 1 aliphatic rings. The molecule has 1 saturated heterocycles. The minimum Gasteiger partial charge on any atom is -0.326 e. The third-order valence-corrected chi connectivity index (χ3v) is 3.44. The van der Waals surface area contributed by atoms with Crippen LogP contribution in [-0.4, -0.2) is 29.6 Å². The summed E-state index contributed by atoms with van der Waals surface area (Å²) in [5, 5.41) is 3.18. The van der Waals surface area contributed by atoms with Crippen LogP contribution in [0.2, 0.25) is 0 Å². The Morgan fingerprint density at radius 2 is 2.07 bits per heavy atom. The number of hydrogen-bond acceptors (Lipinski definition) is 2. The first-order valence-electron chi connectivity index (χ1n) is 5.65. The second-order valence-corrected chi connectivity index (χ2v) is 4.21. The maximum atomic E-state index is 11.7. The Labute approximate surface area is 86.9 Å². The van der Waals surface area contributed by atoms with Crippen molar-refractivity contribution in [3.05, 3.63) is 0 Å². The summed E-state index contributed by atoms with van der Waals surface area (Å²) in [5.41, 5.74) is 0. The number of nitrogens with zero attached hydrogens (tertiary/aromatic N) is 1. The van der Waals surface area contributed by atoms with Crippen molar-refractivity contribution in [1.82, 2.24) is 10.2 Å². The number of carbonyl (C=O) groups excluding carboxylic acids is 1. The summed E-state index contributed by atoms with van der Waals surface area (Å²) in [6.07, 6.45) is 2.30. The molecule has 0 aromatic heterocycles. The fourth-order valence-corrected chi connectivity index (χ4v) is 2.22. The normalized spacial score (nSPS) is 24.8. The van der Waals surface area contributed by atoms with E-state index >= 15 is 0 Å². The first-order valence-corrected chi connectivity index (χ1v) is 5.65. The van der Waals surface area contributed by atoms with Gasteiger partial charge in [-0.05, 0) is 19.8 Å². The van der Waals surface area contributed by atoms with Crippen LogP contribution < -0.4 is 5.32 Å². The zero-order valence-corrected chi connectivity index (χ0v) is 9.71. The third-order valence-electron chi connectivity index (χ3n) is 3.44. The lowest BCUT2D eigenvalue weighted by atomic mass is 9.94. The third kappa shape index (κ3) is 2.08. The minimum atomic E-state index is 0.00631. The van der Waals surface area contributed by atoms with E-state index in [1.165, 1.54) is 0 Å². The van der Waals surface area contributed by atoms with Gasteiger partial charge in [0.05, 0.1) is 12.7 Å². The van der Waals surface area contributed by atoms with Gasteiger partial charge in [0.2, 0.25) is 5.91 Å². The molecule has 3 heteroatoms. The molecule has 0 bridgehead atoms. The molecule has 3 nitrogen and oxygen atoms in total. The molecule has 1 rings (SSSR count). The first-order chi connectivity index (χ1) is 6.61. The van der Waals surface area contributed by atoms with E-state index < -0.39 is 0 Å². The SMILES string of the molecule is CCC(CC)C(C)N1CNC(C)C1=O. The molecular weight excluding hydrogens is 176 g/mol. The maximum Gasteiger partial charge on any atom is 0.240 e. The fraction of sp³-hybridized carbons (Fsp3) is 0.909. The van der Waals surface area contributed by atoms with Crippen molar-refractivity contribution in [1.29, 1.82) is 0 Å². The highest BCUT2D eigenvalue weighted by molar-refractivity contribution is 5.83. The highest BCUT2D eigenvalue weighted by Crippen LogP contribution is 2.20. The molecule has 1 fully saturated rings. The van der Waals surface area contributed by atoms with Crippen LogP contribution in [0.5, 0.6) is 0 Å².